The summed E-state index contributed by atoms with van der Waals surface area (Å²) in [5.41, 5.74) is 0.793. The summed E-state index contributed by atoms with van der Waals surface area (Å²) in [6, 6.07) is 14.8. The van der Waals surface area contributed by atoms with Crippen molar-refractivity contribution in [1.29, 1.82) is 0 Å². The Morgan fingerprint density at radius 1 is 1.21 bits per heavy atom. The van der Waals surface area contributed by atoms with Crippen molar-refractivity contribution in [3.8, 4) is 17.2 Å². The van der Waals surface area contributed by atoms with Gasteiger partial charge in [-0.2, -0.15) is 0 Å². The van der Waals surface area contributed by atoms with E-state index in [2.05, 4.69) is 0 Å². The third kappa shape index (κ3) is 3.45. The van der Waals surface area contributed by atoms with Crippen molar-refractivity contribution in [3.63, 3.8) is 0 Å². The first-order valence-electron chi connectivity index (χ1n) is 8.04. The Bertz CT molecular complexity index is 716. The third-order valence-electron chi connectivity index (χ3n) is 4.00. The highest BCUT2D eigenvalue weighted by atomic mass is 16.5. The average molecular weight is 327 g/mol. The number of nitrogens with zero attached hydrogens (tertiary/aromatic N) is 1. The second-order valence-corrected chi connectivity index (χ2v) is 5.59. The summed E-state index contributed by atoms with van der Waals surface area (Å²) in [7, 11) is 1.60. The van der Waals surface area contributed by atoms with Crippen LogP contribution in [0.3, 0.4) is 0 Å². The van der Waals surface area contributed by atoms with Gasteiger partial charge >= 0.3 is 0 Å². The van der Waals surface area contributed by atoms with Crippen LogP contribution >= 0.6 is 0 Å². The lowest BCUT2D eigenvalue weighted by atomic mass is 10.1. The Morgan fingerprint density at radius 2 is 2.00 bits per heavy atom. The van der Waals surface area contributed by atoms with Gasteiger partial charge in [-0.05, 0) is 30.7 Å². The molecule has 0 spiro atoms. The summed E-state index contributed by atoms with van der Waals surface area (Å²) in [6.45, 7) is 2.56. The Kier molecular flexibility index (Phi) is 4.89. The number of fused-ring (bicyclic) bond motifs is 1. The van der Waals surface area contributed by atoms with Crippen LogP contribution in [0.4, 0.5) is 5.69 Å². The van der Waals surface area contributed by atoms with E-state index in [9.17, 15) is 4.79 Å². The monoisotopic (exact) mass is 327 g/mol. The van der Waals surface area contributed by atoms with E-state index in [0.29, 0.717) is 18.0 Å². The molecule has 0 aromatic heterocycles. The number of para-hydroxylation sites is 2. The third-order valence-corrected chi connectivity index (χ3v) is 4.00. The van der Waals surface area contributed by atoms with E-state index in [4.69, 9.17) is 14.2 Å². The van der Waals surface area contributed by atoms with Crippen LogP contribution < -0.4 is 19.1 Å². The number of hydrogen-bond acceptors (Lipinski definition) is 4. The van der Waals surface area contributed by atoms with Crippen molar-refractivity contribution in [2.45, 2.75) is 19.4 Å². The molecule has 0 fully saturated rings. The molecule has 1 amide bonds. The molecule has 126 valence electrons. The van der Waals surface area contributed by atoms with Gasteiger partial charge in [-0.15, -0.1) is 0 Å². The zero-order valence-electron chi connectivity index (χ0n) is 13.9. The fourth-order valence-electron chi connectivity index (χ4n) is 2.66. The number of amides is 1. The van der Waals surface area contributed by atoms with Crippen molar-refractivity contribution < 1.29 is 19.0 Å². The Morgan fingerprint density at radius 3 is 2.79 bits per heavy atom. The molecular weight excluding hydrogens is 306 g/mol. The summed E-state index contributed by atoms with van der Waals surface area (Å²) in [5, 5.41) is 0. The van der Waals surface area contributed by atoms with Crippen molar-refractivity contribution in [2.24, 2.45) is 0 Å². The molecule has 5 heteroatoms. The Labute approximate surface area is 141 Å². The van der Waals surface area contributed by atoms with Crippen molar-refractivity contribution in [3.05, 3.63) is 48.5 Å². The molecule has 0 N–H and O–H groups in total. The van der Waals surface area contributed by atoms with Crippen LogP contribution in [0.2, 0.25) is 0 Å². The maximum atomic E-state index is 12.7. The molecule has 1 heterocycles. The summed E-state index contributed by atoms with van der Waals surface area (Å²) in [4.78, 5) is 14.4. The van der Waals surface area contributed by atoms with Crippen molar-refractivity contribution >= 4 is 11.6 Å². The van der Waals surface area contributed by atoms with Crippen LogP contribution in [0.25, 0.3) is 0 Å². The zero-order chi connectivity index (χ0) is 16.9. The maximum absolute atomic E-state index is 12.7. The van der Waals surface area contributed by atoms with E-state index in [-0.39, 0.29) is 18.6 Å². The van der Waals surface area contributed by atoms with Crippen LogP contribution in [-0.2, 0) is 4.79 Å². The minimum absolute atomic E-state index is 0.000620. The van der Waals surface area contributed by atoms with Crippen LogP contribution in [0.1, 0.15) is 13.3 Å². The second kappa shape index (κ2) is 7.25. The molecule has 0 saturated heterocycles. The number of methoxy groups -OCH3 is 1. The van der Waals surface area contributed by atoms with Gasteiger partial charge in [-0.25, -0.2) is 0 Å². The van der Waals surface area contributed by atoms with E-state index in [1.165, 1.54) is 0 Å². The quantitative estimate of drug-likeness (QED) is 0.845. The lowest BCUT2D eigenvalue weighted by molar-refractivity contribution is -0.121. The van der Waals surface area contributed by atoms with Gasteiger partial charge in [0.05, 0.1) is 19.3 Å². The molecule has 5 nitrogen and oxygen atoms in total. The van der Waals surface area contributed by atoms with Gasteiger partial charge in [0, 0.05) is 6.07 Å². The largest absolute Gasteiger partial charge is 0.497 e. The molecular formula is C19H21NO4. The first-order chi connectivity index (χ1) is 11.7. The van der Waals surface area contributed by atoms with Crippen LogP contribution in [0.15, 0.2) is 48.5 Å². The summed E-state index contributed by atoms with van der Waals surface area (Å²) >= 11 is 0. The van der Waals surface area contributed by atoms with Gasteiger partial charge in [-0.1, -0.05) is 25.1 Å². The molecule has 0 bridgehead atoms. The van der Waals surface area contributed by atoms with E-state index in [1.54, 1.807) is 24.1 Å². The first kappa shape index (κ1) is 16.2. The number of rotatable bonds is 5. The smallest absolute Gasteiger partial charge is 0.265 e. The molecule has 0 radical (unpaired) electrons. The van der Waals surface area contributed by atoms with Crippen LogP contribution in [0.5, 0.6) is 17.2 Å². The minimum atomic E-state index is -0.0907. The molecule has 1 unspecified atom stereocenters. The number of hydrogen-bond donors (Lipinski definition) is 0. The van der Waals surface area contributed by atoms with E-state index in [1.807, 2.05) is 43.3 Å². The molecule has 2 aromatic carbocycles. The van der Waals surface area contributed by atoms with Gasteiger partial charge in [0.1, 0.15) is 23.4 Å². The summed E-state index contributed by atoms with van der Waals surface area (Å²) < 4.78 is 16.7. The zero-order valence-corrected chi connectivity index (χ0v) is 13.9. The number of anilines is 1. The van der Waals surface area contributed by atoms with E-state index in [0.717, 1.165) is 17.9 Å². The standard InChI is InChI=1S/C19H21NO4/c1-3-14-12-20(17-9-4-5-10-18(17)24-14)19(21)13-23-16-8-6-7-15(11-16)22-2/h4-11,14H,3,12-13H2,1-2H3. The summed E-state index contributed by atoms with van der Waals surface area (Å²) in [5.74, 6) is 1.95. The van der Waals surface area contributed by atoms with Gasteiger partial charge in [-0.3, -0.25) is 4.79 Å². The van der Waals surface area contributed by atoms with E-state index < -0.39 is 0 Å². The van der Waals surface area contributed by atoms with Gasteiger partial charge < -0.3 is 19.1 Å². The average Bonchev–Trinajstić information content (AvgIpc) is 2.65. The van der Waals surface area contributed by atoms with Gasteiger partial charge in [0.25, 0.3) is 5.91 Å². The fraction of sp³-hybridized carbons (Fsp3) is 0.316. The molecule has 1 atom stereocenters. The molecule has 1 aliphatic rings. The second-order valence-electron chi connectivity index (χ2n) is 5.59. The highest BCUT2D eigenvalue weighted by Gasteiger charge is 2.28. The molecule has 0 saturated carbocycles. The number of benzene rings is 2. The number of carbonyl (C=O) groups is 1. The fourth-order valence-corrected chi connectivity index (χ4v) is 2.66. The lowest BCUT2D eigenvalue weighted by Gasteiger charge is -2.34. The van der Waals surface area contributed by atoms with Gasteiger partial charge in [0.2, 0.25) is 0 Å². The lowest BCUT2D eigenvalue weighted by Crippen LogP contribution is -2.45. The molecule has 1 aliphatic heterocycles. The highest BCUT2D eigenvalue weighted by Crippen LogP contribution is 2.33. The van der Waals surface area contributed by atoms with Crippen LogP contribution in [-0.4, -0.2) is 32.3 Å². The SMILES string of the molecule is CCC1CN(C(=O)COc2cccc(OC)c2)c2ccccc2O1. The number of ether oxygens (including phenoxy) is 3. The predicted molar refractivity (Wildman–Crippen MR) is 92.0 cm³/mol. The Balaban J connectivity index is 1.72. The first-order valence-corrected chi connectivity index (χ1v) is 8.04. The van der Waals surface area contributed by atoms with Crippen LogP contribution in [0, 0.1) is 0 Å². The predicted octanol–water partition coefficient (Wildman–Crippen LogP) is 3.28. The highest BCUT2D eigenvalue weighted by molar-refractivity contribution is 5.96. The summed E-state index contributed by atoms with van der Waals surface area (Å²) in [6.07, 6.45) is 0.843. The van der Waals surface area contributed by atoms with Crippen molar-refractivity contribution in [1.82, 2.24) is 0 Å². The number of carbonyl (C=O) groups excluding carboxylic acids is 1. The van der Waals surface area contributed by atoms with Crippen molar-refractivity contribution in [2.75, 3.05) is 25.2 Å². The topological polar surface area (TPSA) is 48.0 Å². The molecule has 24 heavy (non-hydrogen) atoms. The normalized spacial score (nSPS) is 16.1. The maximum Gasteiger partial charge on any atom is 0.265 e. The minimum Gasteiger partial charge on any atom is -0.497 e. The molecule has 3 rings (SSSR count). The molecule has 2 aromatic rings. The Hall–Kier alpha value is -2.69. The van der Waals surface area contributed by atoms with Gasteiger partial charge in [0.15, 0.2) is 6.61 Å². The van der Waals surface area contributed by atoms with E-state index >= 15 is 0 Å². The molecule has 0 aliphatic carbocycles.